The molecule has 2 nitrogen and oxygen atoms in total. The third-order valence-electron chi connectivity index (χ3n) is 2.58. The summed E-state index contributed by atoms with van der Waals surface area (Å²) >= 11 is 12.0. The maximum absolute atomic E-state index is 6.05. The third kappa shape index (κ3) is 4.66. The highest BCUT2D eigenvalue weighted by atomic mass is 35.5. The molecule has 100 valence electrons. The molecule has 2 aromatic carbocycles. The first-order chi connectivity index (χ1) is 9.25. The van der Waals surface area contributed by atoms with Crippen molar-refractivity contribution in [2.24, 2.45) is 0 Å². The number of halogens is 2. The fourth-order valence-corrected chi connectivity index (χ4v) is 1.99. The maximum Gasteiger partial charge on any atom is 0.119 e. The van der Waals surface area contributed by atoms with Gasteiger partial charge in [-0.3, -0.25) is 0 Å². The van der Waals surface area contributed by atoms with Gasteiger partial charge in [0.15, 0.2) is 0 Å². The van der Waals surface area contributed by atoms with Crippen LogP contribution in [0.3, 0.4) is 0 Å². The van der Waals surface area contributed by atoms with Crippen LogP contribution in [-0.4, -0.2) is 13.2 Å². The van der Waals surface area contributed by atoms with Gasteiger partial charge in [0.25, 0.3) is 0 Å². The largest absolute Gasteiger partial charge is 0.494 e. The van der Waals surface area contributed by atoms with Gasteiger partial charge >= 0.3 is 0 Å². The quantitative estimate of drug-likeness (QED) is 0.767. The maximum atomic E-state index is 6.05. The van der Waals surface area contributed by atoms with Gasteiger partial charge in [-0.25, -0.2) is 0 Å². The number of nitrogens with one attached hydrogen (secondary N) is 1. The zero-order chi connectivity index (χ0) is 13.5. The molecule has 4 heteroatoms. The predicted molar refractivity (Wildman–Crippen MR) is 81.5 cm³/mol. The summed E-state index contributed by atoms with van der Waals surface area (Å²) in [5.41, 5.74) is 0.855. The Morgan fingerprint density at radius 1 is 1.00 bits per heavy atom. The Kier molecular flexibility index (Phi) is 5.37. The molecule has 2 aromatic rings. The van der Waals surface area contributed by atoms with E-state index in [4.69, 9.17) is 27.9 Å². The summed E-state index contributed by atoms with van der Waals surface area (Å²) in [5, 5.41) is 4.59. The lowest BCUT2D eigenvalue weighted by Gasteiger charge is -2.09. The van der Waals surface area contributed by atoms with Gasteiger partial charge in [-0.15, -0.1) is 0 Å². The van der Waals surface area contributed by atoms with E-state index in [0.29, 0.717) is 16.7 Å². The monoisotopic (exact) mass is 295 g/mol. The minimum atomic E-state index is 0.662. The van der Waals surface area contributed by atoms with Crippen molar-refractivity contribution in [1.29, 1.82) is 0 Å². The Morgan fingerprint density at radius 2 is 1.79 bits per heavy atom. The molecule has 19 heavy (non-hydrogen) atoms. The van der Waals surface area contributed by atoms with Gasteiger partial charge in [0, 0.05) is 11.6 Å². The van der Waals surface area contributed by atoms with Crippen LogP contribution in [-0.2, 0) is 0 Å². The van der Waals surface area contributed by atoms with Crippen molar-refractivity contribution in [1.82, 2.24) is 0 Å². The number of ether oxygens (including phenoxy) is 1. The minimum Gasteiger partial charge on any atom is -0.494 e. The van der Waals surface area contributed by atoms with Crippen LogP contribution in [0.1, 0.15) is 6.42 Å². The first-order valence-electron chi connectivity index (χ1n) is 6.12. The summed E-state index contributed by atoms with van der Waals surface area (Å²) in [6.45, 7) is 1.45. The van der Waals surface area contributed by atoms with Crippen LogP contribution in [0.15, 0.2) is 48.5 Å². The van der Waals surface area contributed by atoms with E-state index >= 15 is 0 Å². The Labute approximate surface area is 123 Å². The highest BCUT2D eigenvalue weighted by Gasteiger charge is 2.00. The molecule has 0 radical (unpaired) electrons. The Hall–Kier alpha value is -1.38. The van der Waals surface area contributed by atoms with E-state index < -0.39 is 0 Å². The third-order valence-corrected chi connectivity index (χ3v) is 3.14. The van der Waals surface area contributed by atoms with Crippen molar-refractivity contribution in [2.45, 2.75) is 6.42 Å². The molecule has 0 spiro atoms. The summed E-state index contributed by atoms with van der Waals surface area (Å²) < 4.78 is 5.60. The first kappa shape index (κ1) is 14.0. The van der Waals surface area contributed by atoms with Crippen LogP contribution in [0, 0.1) is 0 Å². The molecule has 2 rings (SSSR count). The summed E-state index contributed by atoms with van der Waals surface area (Å²) in [6, 6.07) is 15.2. The Bertz CT molecular complexity index is 517. The molecule has 0 aliphatic heterocycles. The van der Waals surface area contributed by atoms with E-state index in [-0.39, 0.29) is 0 Å². The summed E-state index contributed by atoms with van der Waals surface area (Å²) in [4.78, 5) is 0. The number of benzene rings is 2. The lowest BCUT2D eigenvalue weighted by Crippen LogP contribution is -2.07. The zero-order valence-electron chi connectivity index (χ0n) is 10.4. The predicted octanol–water partition coefficient (Wildman–Crippen LogP) is 4.87. The lowest BCUT2D eigenvalue weighted by molar-refractivity contribution is 0.315. The second-order valence-electron chi connectivity index (χ2n) is 4.07. The molecule has 0 fully saturated rings. The van der Waals surface area contributed by atoms with Crippen molar-refractivity contribution in [3.05, 3.63) is 58.6 Å². The smallest absolute Gasteiger partial charge is 0.119 e. The number of anilines is 1. The summed E-state index contributed by atoms with van der Waals surface area (Å²) in [6.07, 6.45) is 0.887. The standard InChI is InChI=1S/C15H15Cl2NO/c16-12-7-8-14(17)15(11-12)18-9-4-10-19-13-5-2-1-3-6-13/h1-3,5-8,11,18H,4,9-10H2. The van der Waals surface area contributed by atoms with Gasteiger partial charge in [-0.1, -0.05) is 41.4 Å². The van der Waals surface area contributed by atoms with E-state index in [1.807, 2.05) is 36.4 Å². The number of para-hydroxylation sites is 1. The first-order valence-corrected chi connectivity index (χ1v) is 6.88. The van der Waals surface area contributed by atoms with Gasteiger partial charge in [0.2, 0.25) is 0 Å². The normalized spacial score (nSPS) is 10.2. The molecule has 0 aliphatic rings. The average Bonchev–Trinajstić information content (AvgIpc) is 2.43. The molecule has 0 aliphatic carbocycles. The van der Waals surface area contributed by atoms with Crippen molar-refractivity contribution >= 4 is 28.9 Å². The fraction of sp³-hybridized carbons (Fsp3) is 0.200. The average molecular weight is 296 g/mol. The molecular weight excluding hydrogens is 281 g/mol. The zero-order valence-corrected chi connectivity index (χ0v) is 11.9. The Morgan fingerprint density at radius 3 is 2.58 bits per heavy atom. The molecule has 0 aromatic heterocycles. The molecule has 1 N–H and O–H groups in total. The van der Waals surface area contributed by atoms with Crippen LogP contribution < -0.4 is 10.1 Å². The van der Waals surface area contributed by atoms with E-state index in [0.717, 1.165) is 24.4 Å². The van der Waals surface area contributed by atoms with Gasteiger partial charge in [0.1, 0.15) is 5.75 Å². The molecular formula is C15H15Cl2NO. The molecule has 0 saturated carbocycles. The van der Waals surface area contributed by atoms with Crippen LogP contribution in [0.4, 0.5) is 5.69 Å². The Balaban J connectivity index is 1.71. The van der Waals surface area contributed by atoms with Gasteiger partial charge in [-0.05, 0) is 36.8 Å². The number of hydrogen-bond donors (Lipinski definition) is 1. The minimum absolute atomic E-state index is 0.662. The number of hydrogen-bond acceptors (Lipinski definition) is 2. The SMILES string of the molecule is Clc1ccc(Cl)c(NCCCOc2ccccc2)c1. The summed E-state index contributed by atoms with van der Waals surface area (Å²) in [7, 11) is 0. The second kappa shape index (κ2) is 7.27. The van der Waals surface area contributed by atoms with Crippen LogP contribution >= 0.6 is 23.2 Å². The van der Waals surface area contributed by atoms with Crippen molar-refractivity contribution in [3.63, 3.8) is 0 Å². The molecule has 0 bridgehead atoms. The van der Waals surface area contributed by atoms with Crippen LogP contribution in [0.2, 0.25) is 10.0 Å². The van der Waals surface area contributed by atoms with Gasteiger partial charge < -0.3 is 10.1 Å². The van der Waals surface area contributed by atoms with Crippen molar-refractivity contribution < 1.29 is 4.74 Å². The second-order valence-corrected chi connectivity index (χ2v) is 4.91. The van der Waals surface area contributed by atoms with E-state index in [2.05, 4.69) is 5.32 Å². The van der Waals surface area contributed by atoms with E-state index in [1.54, 1.807) is 12.1 Å². The number of rotatable bonds is 6. The van der Waals surface area contributed by atoms with Crippen LogP contribution in [0.25, 0.3) is 0 Å². The molecule has 0 heterocycles. The van der Waals surface area contributed by atoms with Gasteiger partial charge in [0.05, 0.1) is 17.3 Å². The topological polar surface area (TPSA) is 21.3 Å². The van der Waals surface area contributed by atoms with E-state index in [1.165, 1.54) is 0 Å². The van der Waals surface area contributed by atoms with Crippen molar-refractivity contribution in [3.8, 4) is 5.75 Å². The molecule has 0 amide bonds. The molecule has 0 atom stereocenters. The molecule has 0 unspecified atom stereocenters. The van der Waals surface area contributed by atoms with E-state index in [9.17, 15) is 0 Å². The van der Waals surface area contributed by atoms with Crippen molar-refractivity contribution in [2.75, 3.05) is 18.5 Å². The van der Waals surface area contributed by atoms with Crippen LogP contribution in [0.5, 0.6) is 5.75 Å². The highest BCUT2D eigenvalue weighted by Crippen LogP contribution is 2.25. The summed E-state index contributed by atoms with van der Waals surface area (Å²) in [5.74, 6) is 0.892. The highest BCUT2D eigenvalue weighted by molar-refractivity contribution is 6.35. The molecule has 0 saturated heterocycles. The lowest BCUT2D eigenvalue weighted by atomic mass is 10.3. The fourth-order valence-electron chi connectivity index (χ4n) is 1.63. The van der Waals surface area contributed by atoms with Gasteiger partial charge in [-0.2, -0.15) is 0 Å².